The van der Waals surface area contributed by atoms with Crippen LogP contribution in [-0.4, -0.2) is 23.5 Å². The second-order valence-corrected chi connectivity index (χ2v) is 4.33. The largest absolute Gasteiger partial charge is 0.478 e. The molecule has 0 aromatic heterocycles. The molecule has 21 heavy (non-hydrogen) atoms. The molecular weight excluding hydrogens is 275 g/mol. The highest BCUT2D eigenvalue weighted by molar-refractivity contribution is 5.92. The number of carboxylic acid groups (broad SMARTS) is 1. The molecule has 0 aliphatic rings. The first-order valence-electron chi connectivity index (χ1n) is 6.14. The van der Waals surface area contributed by atoms with Crippen molar-refractivity contribution >= 4 is 17.6 Å². The van der Waals surface area contributed by atoms with E-state index in [0.717, 1.165) is 0 Å². The van der Waals surface area contributed by atoms with Crippen LogP contribution < -0.4 is 11.1 Å². The molecule has 0 heterocycles. The maximum Gasteiger partial charge on any atom is 0.335 e. The van der Waals surface area contributed by atoms with E-state index >= 15 is 0 Å². The number of hydrogen-bond donors (Lipinski definition) is 3. The molecule has 4 N–H and O–H groups in total. The molecule has 0 atom stereocenters. The second kappa shape index (κ2) is 6.15. The van der Waals surface area contributed by atoms with Crippen LogP contribution in [0, 0.1) is 5.82 Å². The lowest BCUT2D eigenvalue weighted by atomic mass is 10.0. The van der Waals surface area contributed by atoms with E-state index in [1.807, 2.05) is 0 Å². The van der Waals surface area contributed by atoms with Crippen LogP contribution in [0.1, 0.15) is 10.4 Å². The normalized spacial score (nSPS) is 10.2. The molecule has 0 radical (unpaired) electrons. The monoisotopic (exact) mass is 288 g/mol. The Hall–Kier alpha value is -2.73. The molecule has 0 aliphatic heterocycles. The molecule has 2 aromatic carbocycles. The van der Waals surface area contributed by atoms with Crippen LogP contribution in [-0.2, 0) is 4.79 Å². The van der Waals surface area contributed by atoms with E-state index in [0.29, 0.717) is 11.1 Å². The Morgan fingerprint density at radius 1 is 1.14 bits per heavy atom. The standard InChI is InChI=1S/C15H13FN2O3/c16-12-7-10(4-5-13(12)18-14(19)8-17)9-2-1-3-11(6-9)15(20)21/h1-7H,8,17H2,(H,18,19)(H,20,21). The fourth-order valence-corrected chi connectivity index (χ4v) is 1.83. The van der Waals surface area contributed by atoms with Gasteiger partial charge in [-0.05, 0) is 35.4 Å². The molecule has 0 saturated heterocycles. The van der Waals surface area contributed by atoms with Gasteiger partial charge in [-0.2, -0.15) is 0 Å². The number of hydrogen-bond acceptors (Lipinski definition) is 3. The summed E-state index contributed by atoms with van der Waals surface area (Å²) < 4.78 is 13.9. The van der Waals surface area contributed by atoms with Gasteiger partial charge in [-0.3, -0.25) is 4.79 Å². The summed E-state index contributed by atoms with van der Waals surface area (Å²) in [4.78, 5) is 22.1. The van der Waals surface area contributed by atoms with Crippen LogP contribution in [0.25, 0.3) is 11.1 Å². The van der Waals surface area contributed by atoms with Crippen LogP contribution in [0.3, 0.4) is 0 Å². The average Bonchev–Trinajstić information content (AvgIpc) is 2.49. The summed E-state index contributed by atoms with van der Waals surface area (Å²) in [5, 5.41) is 11.3. The fraction of sp³-hybridized carbons (Fsp3) is 0.0667. The number of benzene rings is 2. The molecular formula is C15H13FN2O3. The van der Waals surface area contributed by atoms with E-state index in [2.05, 4.69) is 5.32 Å². The van der Waals surface area contributed by atoms with E-state index in [-0.39, 0.29) is 17.8 Å². The Kier molecular flexibility index (Phi) is 4.30. The number of carboxylic acids is 1. The van der Waals surface area contributed by atoms with Gasteiger partial charge in [0.2, 0.25) is 5.91 Å². The van der Waals surface area contributed by atoms with Crippen LogP contribution in [0.5, 0.6) is 0 Å². The van der Waals surface area contributed by atoms with Gasteiger partial charge in [-0.1, -0.05) is 18.2 Å². The maximum absolute atomic E-state index is 13.9. The number of rotatable bonds is 4. The third kappa shape index (κ3) is 3.43. The predicted molar refractivity (Wildman–Crippen MR) is 76.5 cm³/mol. The van der Waals surface area contributed by atoms with Crippen molar-refractivity contribution in [3.8, 4) is 11.1 Å². The lowest BCUT2D eigenvalue weighted by molar-refractivity contribution is -0.114. The smallest absolute Gasteiger partial charge is 0.335 e. The van der Waals surface area contributed by atoms with Gasteiger partial charge < -0.3 is 16.2 Å². The Bertz CT molecular complexity index is 701. The maximum atomic E-state index is 13.9. The number of halogens is 1. The Labute approximate surface area is 120 Å². The average molecular weight is 288 g/mol. The van der Waals surface area contributed by atoms with Gasteiger partial charge in [0.25, 0.3) is 0 Å². The molecule has 0 saturated carbocycles. The highest BCUT2D eigenvalue weighted by Gasteiger charge is 2.09. The number of aromatic carboxylic acids is 1. The number of amides is 1. The molecule has 0 unspecified atom stereocenters. The van der Waals surface area contributed by atoms with E-state index in [4.69, 9.17) is 10.8 Å². The van der Waals surface area contributed by atoms with Crippen molar-refractivity contribution in [2.75, 3.05) is 11.9 Å². The third-order valence-electron chi connectivity index (χ3n) is 2.87. The summed E-state index contributed by atoms with van der Waals surface area (Å²) in [6.07, 6.45) is 0. The van der Waals surface area contributed by atoms with Gasteiger partial charge >= 0.3 is 5.97 Å². The fourth-order valence-electron chi connectivity index (χ4n) is 1.83. The summed E-state index contributed by atoms with van der Waals surface area (Å²) in [6, 6.07) is 10.4. The minimum Gasteiger partial charge on any atom is -0.478 e. The summed E-state index contributed by atoms with van der Waals surface area (Å²) in [5.74, 6) is -2.16. The van der Waals surface area contributed by atoms with Crippen molar-refractivity contribution in [1.82, 2.24) is 0 Å². The van der Waals surface area contributed by atoms with E-state index < -0.39 is 17.7 Å². The highest BCUT2D eigenvalue weighted by Crippen LogP contribution is 2.25. The van der Waals surface area contributed by atoms with E-state index in [1.54, 1.807) is 18.2 Å². The van der Waals surface area contributed by atoms with Crippen molar-refractivity contribution < 1.29 is 19.1 Å². The van der Waals surface area contributed by atoms with Crippen LogP contribution in [0.4, 0.5) is 10.1 Å². The summed E-state index contributed by atoms with van der Waals surface area (Å²) in [6.45, 7) is -0.234. The van der Waals surface area contributed by atoms with Gasteiger partial charge in [0.15, 0.2) is 0 Å². The summed E-state index contributed by atoms with van der Waals surface area (Å²) in [5.41, 5.74) is 6.39. The topological polar surface area (TPSA) is 92.4 Å². The van der Waals surface area contributed by atoms with Crippen LogP contribution in [0.2, 0.25) is 0 Å². The summed E-state index contributed by atoms with van der Waals surface area (Å²) >= 11 is 0. The molecule has 108 valence electrons. The number of nitrogens with two attached hydrogens (primary N) is 1. The number of carbonyl (C=O) groups is 2. The molecule has 6 heteroatoms. The minimum atomic E-state index is -1.05. The number of nitrogens with one attached hydrogen (secondary N) is 1. The molecule has 0 spiro atoms. The first-order chi connectivity index (χ1) is 10.0. The molecule has 5 nitrogen and oxygen atoms in total. The van der Waals surface area contributed by atoms with Crippen LogP contribution >= 0.6 is 0 Å². The summed E-state index contributed by atoms with van der Waals surface area (Å²) in [7, 11) is 0. The SMILES string of the molecule is NCC(=O)Nc1ccc(-c2cccc(C(=O)O)c2)cc1F. The number of anilines is 1. The molecule has 2 aromatic rings. The number of carbonyl (C=O) groups excluding carboxylic acids is 1. The van der Waals surface area contributed by atoms with E-state index in [9.17, 15) is 14.0 Å². The first-order valence-corrected chi connectivity index (χ1v) is 6.14. The molecule has 2 rings (SSSR count). The van der Waals surface area contributed by atoms with Crippen molar-refractivity contribution in [3.63, 3.8) is 0 Å². The van der Waals surface area contributed by atoms with Crippen molar-refractivity contribution in [1.29, 1.82) is 0 Å². The zero-order chi connectivity index (χ0) is 15.4. The molecule has 0 bridgehead atoms. The van der Waals surface area contributed by atoms with Crippen molar-refractivity contribution in [3.05, 3.63) is 53.8 Å². The van der Waals surface area contributed by atoms with Gasteiger partial charge in [-0.15, -0.1) is 0 Å². The Balaban J connectivity index is 2.33. The Morgan fingerprint density at radius 2 is 1.86 bits per heavy atom. The quantitative estimate of drug-likeness (QED) is 0.803. The lowest BCUT2D eigenvalue weighted by Gasteiger charge is -2.08. The highest BCUT2D eigenvalue weighted by atomic mass is 19.1. The third-order valence-corrected chi connectivity index (χ3v) is 2.87. The molecule has 1 amide bonds. The minimum absolute atomic E-state index is 0.0311. The van der Waals surface area contributed by atoms with Gasteiger partial charge in [0.05, 0.1) is 17.8 Å². The van der Waals surface area contributed by atoms with Crippen molar-refractivity contribution in [2.45, 2.75) is 0 Å². The zero-order valence-corrected chi connectivity index (χ0v) is 11.0. The lowest BCUT2D eigenvalue weighted by Crippen LogP contribution is -2.22. The van der Waals surface area contributed by atoms with Crippen molar-refractivity contribution in [2.24, 2.45) is 5.73 Å². The van der Waals surface area contributed by atoms with Gasteiger partial charge in [-0.25, -0.2) is 9.18 Å². The van der Waals surface area contributed by atoms with Gasteiger partial charge in [0.1, 0.15) is 5.82 Å². The first kappa shape index (κ1) is 14.7. The molecule has 0 fully saturated rings. The second-order valence-electron chi connectivity index (χ2n) is 4.33. The van der Waals surface area contributed by atoms with Gasteiger partial charge in [0, 0.05) is 0 Å². The zero-order valence-electron chi connectivity index (χ0n) is 11.0. The Morgan fingerprint density at radius 3 is 2.48 bits per heavy atom. The molecule has 0 aliphatic carbocycles. The predicted octanol–water partition coefficient (Wildman–Crippen LogP) is 2.09. The van der Waals surface area contributed by atoms with E-state index in [1.165, 1.54) is 24.3 Å². The van der Waals surface area contributed by atoms with Crippen LogP contribution in [0.15, 0.2) is 42.5 Å².